The Labute approximate surface area is 165 Å². The lowest BCUT2D eigenvalue weighted by molar-refractivity contribution is 0.295. The van der Waals surface area contributed by atoms with Crippen LogP contribution >= 0.6 is 0 Å². The SMILES string of the molecule is CCCCc1ccc(OCc2ccccc2O)c(CCCC)c1CCCC. The standard InChI is InChI=1S/C25H36O2/c1-4-7-12-20-17-18-25(27-19-21-13-10-11-16-24(21)26)23(15-9-6-3)22(20)14-8-5-2/h10-11,13,16-18,26H,4-9,12,14-15,19H2,1-3H3. The fourth-order valence-electron chi connectivity index (χ4n) is 3.54. The highest BCUT2D eigenvalue weighted by atomic mass is 16.5. The Hall–Kier alpha value is -1.96. The molecule has 0 saturated carbocycles. The predicted molar refractivity (Wildman–Crippen MR) is 115 cm³/mol. The molecule has 2 nitrogen and oxygen atoms in total. The van der Waals surface area contributed by atoms with Crippen LogP contribution in [0.4, 0.5) is 0 Å². The van der Waals surface area contributed by atoms with Gasteiger partial charge in [-0.1, -0.05) is 64.3 Å². The van der Waals surface area contributed by atoms with Gasteiger partial charge < -0.3 is 9.84 Å². The molecule has 0 heterocycles. The van der Waals surface area contributed by atoms with Gasteiger partial charge in [0, 0.05) is 5.56 Å². The first-order valence-corrected chi connectivity index (χ1v) is 10.7. The van der Waals surface area contributed by atoms with Crippen LogP contribution in [0.2, 0.25) is 0 Å². The molecule has 0 atom stereocenters. The first-order chi connectivity index (χ1) is 13.2. The Kier molecular flexibility index (Phi) is 9.24. The molecule has 0 radical (unpaired) electrons. The summed E-state index contributed by atoms with van der Waals surface area (Å²) in [4.78, 5) is 0. The van der Waals surface area contributed by atoms with Gasteiger partial charge in [0.2, 0.25) is 0 Å². The van der Waals surface area contributed by atoms with E-state index in [1.54, 1.807) is 6.07 Å². The van der Waals surface area contributed by atoms with E-state index in [0.717, 1.165) is 30.6 Å². The van der Waals surface area contributed by atoms with Crippen molar-refractivity contribution in [2.75, 3.05) is 0 Å². The highest BCUT2D eigenvalue weighted by Gasteiger charge is 2.14. The van der Waals surface area contributed by atoms with E-state index in [0.29, 0.717) is 12.4 Å². The van der Waals surface area contributed by atoms with Crippen LogP contribution in [-0.2, 0) is 25.9 Å². The highest BCUT2D eigenvalue weighted by molar-refractivity contribution is 5.46. The zero-order chi connectivity index (χ0) is 19.5. The highest BCUT2D eigenvalue weighted by Crippen LogP contribution is 2.31. The summed E-state index contributed by atoms with van der Waals surface area (Å²) < 4.78 is 6.22. The zero-order valence-electron chi connectivity index (χ0n) is 17.4. The quantitative estimate of drug-likeness (QED) is 0.437. The van der Waals surface area contributed by atoms with Gasteiger partial charge in [0.1, 0.15) is 18.1 Å². The largest absolute Gasteiger partial charge is 0.508 e. The molecular formula is C25H36O2. The first-order valence-electron chi connectivity index (χ1n) is 10.7. The minimum Gasteiger partial charge on any atom is -0.508 e. The van der Waals surface area contributed by atoms with Crippen LogP contribution in [0.15, 0.2) is 36.4 Å². The lowest BCUT2D eigenvalue weighted by Gasteiger charge is -2.20. The number of ether oxygens (including phenoxy) is 1. The van der Waals surface area contributed by atoms with Crippen molar-refractivity contribution in [3.63, 3.8) is 0 Å². The number of aryl methyl sites for hydroxylation is 1. The van der Waals surface area contributed by atoms with E-state index in [-0.39, 0.29) is 0 Å². The number of phenols is 1. The topological polar surface area (TPSA) is 29.5 Å². The molecule has 148 valence electrons. The maximum Gasteiger partial charge on any atom is 0.123 e. The number of para-hydroxylation sites is 1. The van der Waals surface area contributed by atoms with Gasteiger partial charge in [-0.2, -0.15) is 0 Å². The van der Waals surface area contributed by atoms with Crippen LogP contribution in [0.1, 0.15) is 81.5 Å². The van der Waals surface area contributed by atoms with E-state index in [9.17, 15) is 5.11 Å². The van der Waals surface area contributed by atoms with Crippen LogP contribution in [0.3, 0.4) is 0 Å². The van der Waals surface area contributed by atoms with Gasteiger partial charge >= 0.3 is 0 Å². The van der Waals surface area contributed by atoms with Gasteiger partial charge in [-0.3, -0.25) is 0 Å². The smallest absolute Gasteiger partial charge is 0.123 e. The molecule has 0 aromatic heterocycles. The number of hydrogen-bond acceptors (Lipinski definition) is 2. The Morgan fingerprint density at radius 3 is 2.00 bits per heavy atom. The van der Waals surface area contributed by atoms with E-state index in [4.69, 9.17) is 4.74 Å². The third-order valence-corrected chi connectivity index (χ3v) is 5.22. The number of phenolic OH excluding ortho intramolecular Hbond substituents is 1. The Bertz CT molecular complexity index is 691. The number of aromatic hydroxyl groups is 1. The number of rotatable bonds is 12. The summed E-state index contributed by atoms with van der Waals surface area (Å²) in [6.45, 7) is 7.17. The van der Waals surface area contributed by atoms with Crippen molar-refractivity contribution in [2.24, 2.45) is 0 Å². The fourth-order valence-corrected chi connectivity index (χ4v) is 3.54. The van der Waals surface area contributed by atoms with Gasteiger partial charge in [-0.05, 0) is 67.3 Å². The van der Waals surface area contributed by atoms with Crippen molar-refractivity contribution in [3.05, 3.63) is 58.7 Å². The van der Waals surface area contributed by atoms with Crippen LogP contribution < -0.4 is 4.74 Å². The van der Waals surface area contributed by atoms with Crippen molar-refractivity contribution in [1.29, 1.82) is 0 Å². The Balaban J connectivity index is 2.31. The molecule has 0 unspecified atom stereocenters. The van der Waals surface area contributed by atoms with Crippen molar-refractivity contribution in [2.45, 2.75) is 85.2 Å². The third kappa shape index (κ3) is 6.30. The van der Waals surface area contributed by atoms with Gasteiger partial charge in [0.05, 0.1) is 0 Å². The molecule has 2 rings (SSSR count). The molecule has 0 bridgehead atoms. The summed E-state index contributed by atoms with van der Waals surface area (Å²) in [5.41, 5.74) is 5.26. The molecule has 0 aliphatic heterocycles. The monoisotopic (exact) mass is 368 g/mol. The van der Waals surface area contributed by atoms with E-state index >= 15 is 0 Å². The van der Waals surface area contributed by atoms with Gasteiger partial charge in [-0.15, -0.1) is 0 Å². The third-order valence-electron chi connectivity index (χ3n) is 5.22. The van der Waals surface area contributed by atoms with Crippen molar-refractivity contribution >= 4 is 0 Å². The van der Waals surface area contributed by atoms with Crippen LogP contribution in [0, 0.1) is 0 Å². The normalized spacial score (nSPS) is 10.9. The summed E-state index contributed by atoms with van der Waals surface area (Å²) in [6, 6.07) is 11.9. The minimum absolute atomic E-state index is 0.304. The molecule has 2 aromatic carbocycles. The number of hydrogen-bond donors (Lipinski definition) is 1. The number of benzene rings is 2. The lowest BCUT2D eigenvalue weighted by Crippen LogP contribution is -2.06. The average molecular weight is 369 g/mol. The maximum atomic E-state index is 10.0. The van der Waals surface area contributed by atoms with Gasteiger partial charge in [0.15, 0.2) is 0 Å². The summed E-state index contributed by atoms with van der Waals surface area (Å²) in [5, 5.41) is 10.0. The molecule has 0 fully saturated rings. The lowest BCUT2D eigenvalue weighted by atomic mass is 9.90. The van der Waals surface area contributed by atoms with E-state index in [1.807, 2.05) is 18.2 Å². The molecule has 0 aliphatic carbocycles. The van der Waals surface area contributed by atoms with Crippen molar-refractivity contribution in [1.82, 2.24) is 0 Å². The van der Waals surface area contributed by atoms with Crippen LogP contribution in [-0.4, -0.2) is 5.11 Å². The molecular weight excluding hydrogens is 332 g/mol. The average Bonchev–Trinajstić information content (AvgIpc) is 2.69. The molecule has 0 amide bonds. The van der Waals surface area contributed by atoms with E-state index in [1.165, 1.54) is 55.2 Å². The Morgan fingerprint density at radius 2 is 1.33 bits per heavy atom. The van der Waals surface area contributed by atoms with Crippen molar-refractivity contribution < 1.29 is 9.84 Å². The van der Waals surface area contributed by atoms with Crippen molar-refractivity contribution in [3.8, 4) is 11.5 Å². The second-order valence-corrected chi connectivity index (χ2v) is 7.41. The first kappa shape index (κ1) is 21.3. The van der Waals surface area contributed by atoms with E-state index in [2.05, 4.69) is 32.9 Å². The second-order valence-electron chi connectivity index (χ2n) is 7.41. The molecule has 27 heavy (non-hydrogen) atoms. The van der Waals surface area contributed by atoms with Gasteiger partial charge in [-0.25, -0.2) is 0 Å². The molecule has 1 N–H and O–H groups in total. The predicted octanol–water partition coefficient (Wildman–Crippen LogP) is 7.00. The minimum atomic E-state index is 0.304. The fraction of sp³-hybridized carbons (Fsp3) is 0.520. The Morgan fingerprint density at radius 1 is 0.704 bits per heavy atom. The van der Waals surface area contributed by atoms with E-state index < -0.39 is 0 Å². The maximum absolute atomic E-state index is 10.0. The summed E-state index contributed by atoms with van der Waals surface area (Å²) >= 11 is 0. The zero-order valence-corrected chi connectivity index (χ0v) is 17.4. The molecule has 0 spiro atoms. The molecule has 0 saturated heterocycles. The molecule has 0 aliphatic rings. The number of unbranched alkanes of at least 4 members (excludes halogenated alkanes) is 3. The molecule has 2 aromatic rings. The van der Waals surface area contributed by atoms with Gasteiger partial charge in [0.25, 0.3) is 0 Å². The summed E-state index contributed by atoms with van der Waals surface area (Å²) in [6.07, 6.45) is 10.6. The summed E-state index contributed by atoms with van der Waals surface area (Å²) in [7, 11) is 0. The molecule has 2 heteroatoms. The van der Waals surface area contributed by atoms with Crippen LogP contribution in [0.5, 0.6) is 11.5 Å². The summed E-state index contributed by atoms with van der Waals surface area (Å²) in [5.74, 6) is 1.30. The van der Waals surface area contributed by atoms with Crippen LogP contribution in [0.25, 0.3) is 0 Å². The second kappa shape index (κ2) is 11.7.